The van der Waals surface area contributed by atoms with Crippen molar-refractivity contribution in [2.45, 2.75) is 32.6 Å². The molecule has 1 aliphatic rings. The lowest BCUT2D eigenvalue weighted by molar-refractivity contribution is -0.134. The molecule has 0 radical (unpaired) electrons. The summed E-state index contributed by atoms with van der Waals surface area (Å²) in [6, 6.07) is 0. The fourth-order valence-corrected chi connectivity index (χ4v) is 2.58. The summed E-state index contributed by atoms with van der Waals surface area (Å²) < 4.78 is 0. The standard InChI is InChI=1S/C14H23N5O2/c1-4-5-11-15-12(17-16-11)14(21)19-8-6-10(7-9-19)13(20)18(2)3/h10H,4-9H2,1-3H3,(H,15,16,17). The lowest BCUT2D eigenvalue weighted by Crippen LogP contribution is -2.43. The van der Waals surface area contributed by atoms with E-state index in [4.69, 9.17) is 0 Å². The van der Waals surface area contributed by atoms with Crippen LogP contribution in [0.1, 0.15) is 42.6 Å². The van der Waals surface area contributed by atoms with Gasteiger partial charge in [-0.15, -0.1) is 5.10 Å². The van der Waals surface area contributed by atoms with Crippen LogP contribution in [0.4, 0.5) is 0 Å². The summed E-state index contributed by atoms with van der Waals surface area (Å²) in [6.07, 6.45) is 3.16. The molecular weight excluding hydrogens is 270 g/mol. The molecule has 0 spiro atoms. The highest BCUT2D eigenvalue weighted by Crippen LogP contribution is 2.19. The van der Waals surface area contributed by atoms with E-state index < -0.39 is 0 Å². The fourth-order valence-electron chi connectivity index (χ4n) is 2.58. The Balaban J connectivity index is 1.92. The molecule has 116 valence electrons. The zero-order valence-electron chi connectivity index (χ0n) is 12.9. The average molecular weight is 293 g/mol. The van der Waals surface area contributed by atoms with Crippen LogP contribution >= 0.6 is 0 Å². The van der Waals surface area contributed by atoms with E-state index >= 15 is 0 Å². The molecule has 0 aromatic carbocycles. The van der Waals surface area contributed by atoms with E-state index in [0.717, 1.165) is 18.7 Å². The summed E-state index contributed by atoms with van der Waals surface area (Å²) in [6.45, 7) is 3.22. The van der Waals surface area contributed by atoms with Crippen molar-refractivity contribution < 1.29 is 9.59 Å². The van der Waals surface area contributed by atoms with E-state index in [1.165, 1.54) is 0 Å². The highest BCUT2D eigenvalue weighted by atomic mass is 16.2. The first kappa shape index (κ1) is 15.5. The summed E-state index contributed by atoms with van der Waals surface area (Å²) in [5.74, 6) is 0.996. The normalized spacial score (nSPS) is 16.0. The number of carbonyl (C=O) groups excluding carboxylic acids is 2. The quantitative estimate of drug-likeness (QED) is 0.886. The van der Waals surface area contributed by atoms with Gasteiger partial charge in [-0.3, -0.25) is 14.7 Å². The van der Waals surface area contributed by atoms with Crippen LogP contribution in [0.15, 0.2) is 0 Å². The second kappa shape index (κ2) is 6.69. The smallest absolute Gasteiger partial charge is 0.293 e. The van der Waals surface area contributed by atoms with Crippen LogP contribution in [-0.2, 0) is 11.2 Å². The van der Waals surface area contributed by atoms with E-state index in [1.807, 2.05) is 0 Å². The lowest BCUT2D eigenvalue weighted by atomic mass is 9.95. The molecule has 1 saturated heterocycles. The number of nitrogens with zero attached hydrogens (tertiary/aromatic N) is 4. The third kappa shape index (κ3) is 3.59. The molecule has 2 rings (SSSR count). The topological polar surface area (TPSA) is 82.2 Å². The first-order valence-electron chi connectivity index (χ1n) is 7.44. The van der Waals surface area contributed by atoms with Crippen LogP contribution in [-0.4, -0.2) is 64.0 Å². The van der Waals surface area contributed by atoms with Gasteiger partial charge in [-0.25, -0.2) is 4.98 Å². The van der Waals surface area contributed by atoms with Crippen LogP contribution in [0.25, 0.3) is 0 Å². The van der Waals surface area contributed by atoms with Gasteiger partial charge >= 0.3 is 0 Å². The Bertz CT molecular complexity index is 503. The Morgan fingerprint density at radius 1 is 1.33 bits per heavy atom. The molecule has 0 atom stereocenters. The maximum atomic E-state index is 12.3. The number of hydrogen-bond acceptors (Lipinski definition) is 4. The molecule has 7 heteroatoms. The number of piperidine rings is 1. The molecule has 2 amide bonds. The summed E-state index contributed by atoms with van der Waals surface area (Å²) in [4.78, 5) is 31.8. The van der Waals surface area contributed by atoms with Crippen molar-refractivity contribution in [1.82, 2.24) is 25.0 Å². The third-order valence-corrected chi connectivity index (χ3v) is 3.78. The SMILES string of the molecule is CCCc1nc(C(=O)N2CCC(C(=O)N(C)C)CC2)n[nH]1. The van der Waals surface area contributed by atoms with Crippen LogP contribution in [0.2, 0.25) is 0 Å². The molecule has 7 nitrogen and oxygen atoms in total. The molecule has 1 aromatic heterocycles. The van der Waals surface area contributed by atoms with Gasteiger partial charge in [0.1, 0.15) is 5.82 Å². The van der Waals surface area contributed by atoms with E-state index in [9.17, 15) is 9.59 Å². The number of nitrogens with one attached hydrogen (secondary N) is 1. The molecule has 0 bridgehead atoms. The van der Waals surface area contributed by atoms with Crippen molar-refractivity contribution in [3.05, 3.63) is 11.6 Å². The largest absolute Gasteiger partial charge is 0.349 e. The monoisotopic (exact) mass is 293 g/mol. The van der Waals surface area contributed by atoms with E-state index in [0.29, 0.717) is 25.9 Å². The van der Waals surface area contributed by atoms with Gasteiger partial charge in [0.05, 0.1) is 0 Å². The van der Waals surface area contributed by atoms with Crippen LogP contribution < -0.4 is 0 Å². The van der Waals surface area contributed by atoms with Crippen molar-refractivity contribution in [1.29, 1.82) is 0 Å². The van der Waals surface area contributed by atoms with Gasteiger partial charge in [-0.2, -0.15) is 0 Å². The second-order valence-corrected chi connectivity index (χ2v) is 5.65. The summed E-state index contributed by atoms with van der Waals surface area (Å²) in [5, 5.41) is 6.79. The minimum Gasteiger partial charge on any atom is -0.349 e. The molecule has 2 heterocycles. The summed E-state index contributed by atoms with van der Waals surface area (Å²) >= 11 is 0. The van der Waals surface area contributed by atoms with Gasteiger partial charge in [-0.1, -0.05) is 6.92 Å². The van der Waals surface area contributed by atoms with Crippen LogP contribution in [0.3, 0.4) is 0 Å². The Morgan fingerprint density at radius 2 is 2.00 bits per heavy atom. The maximum Gasteiger partial charge on any atom is 0.293 e. The highest BCUT2D eigenvalue weighted by molar-refractivity contribution is 5.90. The van der Waals surface area contributed by atoms with Gasteiger partial charge in [0.2, 0.25) is 11.7 Å². The predicted octanol–water partition coefficient (Wildman–Crippen LogP) is 0.698. The van der Waals surface area contributed by atoms with E-state index in [2.05, 4.69) is 22.1 Å². The molecule has 0 aliphatic carbocycles. The van der Waals surface area contributed by atoms with E-state index in [1.54, 1.807) is 23.9 Å². The molecular formula is C14H23N5O2. The fraction of sp³-hybridized carbons (Fsp3) is 0.714. The lowest BCUT2D eigenvalue weighted by Gasteiger charge is -2.31. The molecule has 1 aliphatic heterocycles. The number of rotatable bonds is 4. The highest BCUT2D eigenvalue weighted by Gasteiger charge is 2.29. The Morgan fingerprint density at radius 3 is 2.57 bits per heavy atom. The first-order chi connectivity index (χ1) is 10.0. The molecule has 0 unspecified atom stereocenters. The average Bonchev–Trinajstić information content (AvgIpc) is 2.95. The number of H-pyrrole nitrogens is 1. The molecule has 1 N–H and O–H groups in total. The number of hydrogen-bond donors (Lipinski definition) is 1. The molecule has 1 fully saturated rings. The van der Waals surface area contributed by atoms with E-state index in [-0.39, 0.29) is 23.6 Å². The predicted molar refractivity (Wildman–Crippen MR) is 77.7 cm³/mol. The minimum absolute atomic E-state index is 0.0202. The zero-order valence-corrected chi connectivity index (χ0v) is 12.9. The molecule has 0 saturated carbocycles. The number of aromatic amines is 1. The summed E-state index contributed by atoms with van der Waals surface area (Å²) in [7, 11) is 3.53. The van der Waals surface area contributed by atoms with Crippen LogP contribution in [0, 0.1) is 5.92 Å². The minimum atomic E-state index is -0.149. The van der Waals surface area contributed by atoms with Gasteiger partial charge in [0.25, 0.3) is 5.91 Å². The number of aryl methyl sites for hydroxylation is 1. The third-order valence-electron chi connectivity index (χ3n) is 3.78. The van der Waals surface area contributed by atoms with Crippen molar-refractivity contribution in [3.8, 4) is 0 Å². The number of amides is 2. The van der Waals surface area contributed by atoms with Gasteiger partial charge in [0.15, 0.2) is 0 Å². The van der Waals surface area contributed by atoms with Crippen molar-refractivity contribution >= 4 is 11.8 Å². The van der Waals surface area contributed by atoms with Gasteiger partial charge in [0, 0.05) is 39.5 Å². The Kier molecular flexibility index (Phi) is 4.93. The molecule has 21 heavy (non-hydrogen) atoms. The summed E-state index contributed by atoms with van der Waals surface area (Å²) in [5.41, 5.74) is 0. The maximum absolute atomic E-state index is 12.3. The second-order valence-electron chi connectivity index (χ2n) is 5.65. The number of aromatic nitrogens is 3. The van der Waals surface area contributed by atoms with Crippen LogP contribution in [0.5, 0.6) is 0 Å². The van der Waals surface area contributed by atoms with Crippen molar-refractivity contribution in [3.63, 3.8) is 0 Å². The zero-order chi connectivity index (χ0) is 15.4. The van der Waals surface area contributed by atoms with Crippen molar-refractivity contribution in [2.24, 2.45) is 5.92 Å². The van der Waals surface area contributed by atoms with Gasteiger partial charge in [-0.05, 0) is 19.3 Å². The van der Waals surface area contributed by atoms with Crippen molar-refractivity contribution in [2.75, 3.05) is 27.2 Å². The Hall–Kier alpha value is -1.92. The first-order valence-corrected chi connectivity index (χ1v) is 7.44. The number of carbonyl (C=O) groups is 2. The number of likely N-dealkylation sites (tertiary alicyclic amines) is 1. The Labute approximate surface area is 124 Å². The van der Waals surface area contributed by atoms with Gasteiger partial charge < -0.3 is 9.80 Å². The molecule has 1 aromatic rings.